The lowest BCUT2D eigenvalue weighted by Crippen LogP contribution is -2.10. The van der Waals surface area contributed by atoms with E-state index >= 15 is 0 Å². The van der Waals surface area contributed by atoms with Crippen LogP contribution in [0.3, 0.4) is 0 Å². The Labute approximate surface area is 127 Å². The van der Waals surface area contributed by atoms with E-state index in [1.165, 1.54) is 5.56 Å². The van der Waals surface area contributed by atoms with Crippen LogP contribution in [0, 0.1) is 0 Å². The molecule has 0 radical (unpaired) electrons. The summed E-state index contributed by atoms with van der Waals surface area (Å²) in [6.45, 7) is 8.68. The Morgan fingerprint density at radius 2 is 1.86 bits per heavy atom. The van der Waals surface area contributed by atoms with E-state index in [2.05, 4.69) is 38.2 Å². The molecule has 0 saturated carbocycles. The van der Waals surface area contributed by atoms with E-state index in [0.717, 1.165) is 36.8 Å². The highest BCUT2D eigenvalue weighted by Gasteiger charge is 2.10. The molecule has 0 aliphatic heterocycles. The molecule has 114 valence electrons. The summed E-state index contributed by atoms with van der Waals surface area (Å²) >= 11 is 0. The monoisotopic (exact) mass is 287 g/mol. The standard InChI is InChI=1S/C18H25NO2/c1-4-14(3)17-8-6-7-9-18(17)20-13-16-11-10-15(21-16)12-19-5-2/h6-11,14,19H,4-5,12-13H2,1-3H3. The van der Waals surface area contributed by atoms with Crippen LogP contribution < -0.4 is 10.1 Å². The summed E-state index contributed by atoms with van der Waals surface area (Å²) in [6, 6.07) is 12.2. The van der Waals surface area contributed by atoms with Gasteiger partial charge >= 0.3 is 0 Å². The molecule has 0 fully saturated rings. The van der Waals surface area contributed by atoms with E-state index < -0.39 is 0 Å². The van der Waals surface area contributed by atoms with Crippen LogP contribution in [0.4, 0.5) is 0 Å². The number of hydrogen-bond donors (Lipinski definition) is 1. The molecule has 1 atom stereocenters. The van der Waals surface area contributed by atoms with Crippen LogP contribution in [-0.4, -0.2) is 6.54 Å². The third-order valence-electron chi connectivity index (χ3n) is 3.70. The van der Waals surface area contributed by atoms with Crippen molar-refractivity contribution in [1.82, 2.24) is 5.32 Å². The number of benzene rings is 1. The molecule has 0 spiro atoms. The smallest absolute Gasteiger partial charge is 0.146 e. The highest BCUT2D eigenvalue weighted by Crippen LogP contribution is 2.29. The van der Waals surface area contributed by atoms with Gasteiger partial charge in [-0.15, -0.1) is 0 Å². The largest absolute Gasteiger partial charge is 0.485 e. The number of furan rings is 1. The first-order valence-corrected chi connectivity index (χ1v) is 7.74. The van der Waals surface area contributed by atoms with E-state index in [-0.39, 0.29) is 0 Å². The third-order valence-corrected chi connectivity index (χ3v) is 3.70. The Bertz CT molecular complexity index is 548. The second kappa shape index (κ2) is 7.89. The van der Waals surface area contributed by atoms with Gasteiger partial charge in [0.1, 0.15) is 23.9 Å². The molecular weight excluding hydrogens is 262 g/mol. The lowest BCUT2D eigenvalue weighted by atomic mass is 9.98. The minimum atomic E-state index is 0.472. The molecule has 3 nitrogen and oxygen atoms in total. The second-order valence-electron chi connectivity index (χ2n) is 5.28. The fourth-order valence-electron chi connectivity index (χ4n) is 2.23. The SMILES string of the molecule is CCNCc1ccc(COc2ccccc2C(C)CC)o1. The van der Waals surface area contributed by atoms with Gasteiger partial charge in [-0.1, -0.05) is 39.0 Å². The van der Waals surface area contributed by atoms with Crippen LogP contribution in [0.2, 0.25) is 0 Å². The van der Waals surface area contributed by atoms with E-state index in [0.29, 0.717) is 12.5 Å². The highest BCUT2D eigenvalue weighted by atomic mass is 16.5. The van der Waals surface area contributed by atoms with Gasteiger partial charge in [0.15, 0.2) is 0 Å². The molecule has 0 bridgehead atoms. The van der Waals surface area contributed by atoms with Gasteiger partial charge in [-0.3, -0.25) is 0 Å². The van der Waals surface area contributed by atoms with Crippen molar-refractivity contribution in [3.8, 4) is 5.75 Å². The zero-order valence-electron chi connectivity index (χ0n) is 13.2. The summed E-state index contributed by atoms with van der Waals surface area (Å²) in [5, 5.41) is 3.25. The first-order chi connectivity index (χ1) is 10.2. The molecule has 1 unspecified atom stereocenters. The van der Waals surface area contributed by atoms with Gasteiger partial charge < -0.3 is 14.5 Å². The van der Waals surface area contributed by atoms with Crippen molar-refractivity contribution in [3.63, 3.8) is 0 Å². The van der Waals surface area contributed by atoms with Crippen molar-refractivity contribution in [2.24, 2.45) is 0 Å². The quantitative estimate of drug-likeness (QED) is 0.777. The van der Waals surface area contributed by atoms with Crippen molar-refractivity contribution >= 4 is 0 Å². The number of nitrogens with one attached hydrogen (secondary N) is 1. The van der Waals surface area contributed by atoms with Gasteiger partial charge in [-0.05, 0) is 42.6 Å². The van der Waals surface area contributed by atoms with Gasteiger partial charge in [0, 0.05) is 0 Å². The Balaban J connectivity index is 1.98. The van der Waals surface area contributed by atoms with Crippen LogP contribution in [0.1, 0.15) is 50.2 Å². The molecule has 1 aromatic heterocycles. The van der Waals surface area contributed by atoms with E-state index in [9.17, 15) is 0 Å². The number of ether oxygens (including phenoxy) is 1. The first-order valence-electron chi connectivity index (χ1n) is 7.74. The van der Waals surface area contributed by atoms with Crippen LogP contribution in [0.15, 0.2) is 40.8 Å². The molecule has 0 saturated heterocycles. The Hall–Kier alpha value is -1.74. The first kappa shape index (κ1) is 15.6. The van der Waals surface area contributed by atoms with E-state index in [1.54, 1.807) is 0 Å². The molecule has 3 heteroatoms. The normalized spacial score (nSPS) is 12.3. The van der Waals surface area contributed by atoms with Gasteiger partial charge in [-0.25, -0.2) is 0 Å². The van der Waals surface area contributed by atoms with Gasteiger partial charge in [0.05, 0.1) is 6.54 Å². The van der Waals surface area contributed by atoms with E-state index in [1.807, 2.05) is 24.3 Å². The maximum Gasteiger partial charge on any atom is 0.146 e. The molecule has 2 rings (SSSR count). The summed E-state index contributed by atoms with van der Waals surface area (Å²) in [4.78, 5) is 0. The van der Waals surface area contributed by atoms with Crippen LogP contribution in [0.5, 0.6) is 5.75 Å². The molecule has 21 heavy (non-hydrogen) atoms. The van der Waals surface area contributed by atoms with E-state index in [4.69, 9.17) is 9.15 Å². The third kappa shape index (κ3) is 4.36. The number of hydrogen-bond acceptors (Lipinski definition) is 3. The van der Waals surface area contributed by atoms with Crippen LogP contribution >= 0.6 is 0 Å². The molecule has 1 N–H and O–H groups in total. The molecular formula is C18H25NO2. The molecule has 0 aliphatic rings. The summed E-state index contributed by atoms with van der Waals surface area (Å²) in [7, 11) is 0. The Morgan fingerprint density at radius 1 is 1.10 bits per heavy atom. The second-order valence-corrected chi connectivity index (χ2v) is 5.28. The number of para-hydroxylation sites is 1. The molecule has 1 heterocycles. The summed E-state index contributed by atoms with van der Waals surface area (Å²) in [5.74, 6) is 3.27. The predicted octanol–water partition coefficient (Wildman–Crippen LogP) is 4.48. The zero-order valence-corrected chi connectivity index (χ0v) is 13.2. The maximum absolute atomic E-state index is 5.95. The van der Waals surface area contributed by atoms with Crippen molar-refractivity contribution in [2.75, 3.05) is 6.54 Å². The molecule has 1 aromatic carbocycles. The minimum absolute atomic E-state index is 0.472. The predicted molar refractivity (Wildman–Crippen MR) is 85.6 cm³/mol. The summed E-state index contributed by atoms with van der Waals surface area (Å²) in [5.41, 5.74) is 1.26. The maximum atomic E-state index is 5.95. The van der Waals surface area contributed by atoms with Crippen LogP contribution in [0.25, 0.3) is 0 Å². The van der Waals surface area contributed by atoms with Crippen molar-refractivity contribution < 1.29 is 9.15 Å². The summed E-state index contributed by atoms with van der Waals surface area (Å²) < 4.78 is 11.7. The fraction of sp³-hybridized carbons (Fsp3) is 0.444. The lowest BCUT2D eigenvalue weighted by molar-refractivity contribution is 0.261. The molecule has 2 aromatic rings. The Kier molecular flexibility index (Phi) is 5.88. The minimum Gasteiger partial charge on any atom is -0.485 e. The summed E-state index contributed by atoms with van der Waals surface area (Å²) in [6.07, 6.45) is 1.11. The Morgan fingerprint density at radius 3 is 2.62 bits per heavy atom. The van der Waals surface area contributed by atoms with Gasteiger partial charge in [0.2, 0.25) is 0 Å². The van der Waals surface area contributed by atoms with Crippen molar-refractivity contribution in [2.45, 2.75) is 46.3 Å². The van der Waals surface area contributed by atoms with Crippen LogP contribution in [-0.2, 0) is 13.2 Å². The average Bonchev–Trinajstić information content (AvgIpc) is 2.98. The van der Waals surface area contributed by atoms with Gasteiger partial charge in [0.25, 0.3) is 0 Å². The lowest BCUT2D eigenvalue weighted by Gasteiger charge is -2.15. The highest BCUT2D eigenvalue weighted by molar-refractivity contribution is 5.35. The fourth-order valence-corrected chi connectivity index (χ4v) is 2.23. The van der Waals surface area contributed by atoms with Crippen molar-refractivity contribution in [1.29, 1.82) is 0 Å². The topological polar surface area (TPSA) is 34.4 Å². The van der Waals surface area contributed by atoms with Crippen molar-refractivity contribution in [3.05, 3.63) is 53.5 Å². The zero-order chi connectivity index (χ0) is 15.1. The average molecular weight is 287 g/mol. The van der Waals surface area contributed by atoms with Gasteiger partial charge in [-0.2, -0.15) is 0 Å². The molecule has 0 aliphatic carbocycles. The molecule has 0 amide bonds. The number of rotatable bonds is 8.